The Hall–Kier alpha value is -0.0800. The first-order valence-corrected chi connectivity index (χ1v) is 4.11. The van der Waals surface area contributed by atoms with Crippen LogP contribution in [-0.2, 0) is 0 Å². The Labute approximate surface area is 61.9 Å². The SMILES string of the molecule is CCCC(C(O)O)C1CC1. The smallest absolute Gasteiger partial charge is 0.154 e. The maximum Gasteiger partial charge on any atom is 0.154 e. The van der Waals surface area contributed by atoms with Crippen molar-refractivity contribution in [2.24, 2.45) is 11.8 Å². The van der Waals surface area contributed by atoms with Crippen LogP contribution >= 0.6 is 0 Å². The van der Waals surface area contributed by atoms with Crippen LogP contribution in [0.5, 0.6) is 0 Å². The standard InChI is InChI=1S/C8H16O2/c1-2-3-7(8(9)10)6-4-5-6/h6-10H,2-5H2,1H3. The van der Waals surface area contributed by atoms with E-state index in [-0.39, 0.29) is 5.92 Å². The molecule has 0 amide bonds. The monoisotopic (exact) mass is 144 g/mol. The van der Waals surface area contributed by atoms with Gasteiger partial charge in [-0.2, -0.15) is 0 Å². The molecule has 1 saturated carbocycles. The molecular weight excluding hydrogens is 128 g/mol. The molecule has 2 N–H and O–H groups in total. The summed E-state index contributed by atoms with van der Waals surface area (Å²) in [6, 6.07) is 0. The van der Waals surface area contributed by atoms with Gasteiger partial charge in [0.05, 0.1) is 0 Å². The molecule has 0 aromatic carbocycles. The van der Waals surface area contributed by atoms with E-state index < -0.39 is 6.29 Å². The van der Waals surface area contributed by atoms with Crippen molar-refractivity contribution in [2.45, 2.75) is 38.9 Å². The predicted octanol–water partition coefficient (Wildman–Crippen LogP) is 1.12. The maximum absolute atomic E-state index is 8.91. The molecule has 2 nitrogen and oxygen atoms in total. The van der Waals surface area contributed by atoms with Crippen LogP contribution in [0.2, 0.25) is 0 Å². The quantitative estimate of drug-likeness (QED) is 0.580. The summed E-state index contributed by atoms with van der Waals surface area (Å²) in [4.78, 5) is 0. The lowest BCUT2D eigenvalue weighted by molar-refractivity contribution is -0.0923. The maximum atomic E-state index is 8.91. The molecule has 0 heterocycles. The van der Waals surface area contributed by atoms with Gasteiger partial charge in [0.15, 0.2) is 6.29 Å². The molecule has 0 bridgehead atoms. The predicted molar refractivity (Wildman–Crippen MR) is 39.3 cm³/mol. The van der Waals surface area contributed by atoms with E-state index in [4.69, 9.17) is 10.2 Å². The topological polar surface area (TPSA) is 40.5 Å². The summed E-state index contributed by atoms with van der Waals surface area (Å²) in [5.41, 5.74) is 0. The third-order valence-electron chi connectivity index (χ3n) is 2.23. The number of hydrogen-bond acceptors (Lipinski definition) is 2. The third kappa shape index (κ3) is 1.96. The average molecular weight is 144 g/mol. The van der Waals surface area contributed by atoms with Crippen LogP contribution in [0.25, 0.3) is 0 Å². The summed E-state index contributed by atoms with van der Waals surface area (Å²) in [5.74, 6) is 0.768. The molecule has 1 aliphatic rings. The second-order valence-corrected chi connectivity index (χ2v) is 3.20. The van der Waals surface area contributed by atoms with E-state index in [2.05, 4.69) is 6.92 Å². The van der Waals surface area contributed by atoms with Gasteiger partial charge in [-0.1, -0.05) is 13.3 Å². The Bertz CT molecular complexity index is 95.4. The summed E-state index contributed by atoms with van der Waals surface area (Å²) in [7, 11) is 0. The van der Waals surface area contributed by atoms with Crippen molar-refractivity contribution >= 4 is 0 Å². The Morgan fingerprint density at radius 1 is 1.40 bits per heavy atom. The summed E-state index contributed by atoms with van der Waals surface area (Å²) in [5, 5.41) is 17.8. The lowest BCUT2D eigenvalue weighted by Crippen LogP contribution is -2.21. The van der Waals surface area contributed by atoms with E-state index in [0.717, 1.165) is 12.8 Å². The van der Waals surface area contributed by atoms with Crippen molar-refractivity contribution in [3.8, 4) is 0 Å². The Morgan fingerprint density at radius 2 is 2.00 bits per heavy atom. The van der Waals surface area contributed by atoms with Gasteiger partial charge in [-0.3, -0.25) is 0 Å². The minimum absolute atomic E-state index is 0.157. The summed E-state index contributed by atoms with van der Waals surface area (Å²) >= 11 is 0. The first-order valence-electron chi connectivity index (χ1n) is 4.11. The van der Waals surface area contributed by atoms with Crippen LogP contribution in [0, 0.1) is 11.8 Å². The molecule has 1 unspecified atom stereocenters. The van der Waals surface area contributed by atoms with Crippen molar-refractivity contribution in [2.75, 3.05) is 0 Å². The lowest BCUT2D eigenvalue weighted by Gasteiger charge is -2.16. The molecular formula is C8H16O2. The van der Waals surface area contributed by atoms with Gasteiger partial charge in [-0.15, -0.1) is 0 Å². The van der Waals surface area contributed by atoms with Crippen molar-refractivity contribution in [1.82, 2.24) is 0 Å². The van der Waals surface area contributed by atoms with E-state index in [1.807, 2.05) is 0 Å². The Kier molecular flexibility index (Phi) is 2.69. The Balaban J connectivity index is 2.26. The van der Waals surface area contributed by atoms with Gasteiger partial charge >= 0.3 is 0 Å². The highest BCUT2D eigenvalue weighted by Crippen LogP contribution is 2.40. The zero-order valence-electron chi connectivity index (χ0n) is 6.45. The first kappa shape index (κ1) is 8.02. The number of aliphatic hydroxyl groups excluding tert-OH is 1. The summed E-state index contributed by atoms with van der Waals surface area (Å²) in [6.07, 6.45) is 3.33. The molecule has 10 heavy (non-hydrogen) atoms. The van der Waals surface area contributed by atoms with Crippen molar-refractivity contribution < 1.29 is 10.2 Å². The van der Waals surface area contributed by atoms with Crippen LogP contribution in [0.3, 0.4) is 0 Å². The fraction of sp³-hybridized carbons (Fsp3) is 1.00. The molecule has 0 aliphatic heterocycles. The zero-order valence-corrected chi connectivity index (χ0v) is 6.45. The van der Waals surface area contributed by atoms with Gasteiger partial charge < -0.3 is 10.2 Å². The molecule has 1 fully saturated rings. The molecule has 1 rings (SSSR count). The normalized spacial score (nSPS) is 21.6. The average Bonchev–Trinajstić information content (AvgIpc) is 2.63. The van der Waals surface area contributed by atoms with Crippen molar-refractivity contribution in [1.29, 1.82) is 0 Å². The highest BCUT2D eigenvalue weighted by atomic mass is 16.5. The molecule has 1 aliphatic carbocycles. The number of rotatable bonds is 4. The second kappa shape index (κ2) is 3.35. The summed E-state index contributed by atoms with van der Waals surface area (Å²) < 4.78 is 0. The van der Waals surface area contributed by atoms with E-state index >= 15 is 0 Å². The van der Waals surface area contributed by atoms with Gasteiger partial charge in [-0.25, -0.2) is 0 Å². The van der Waals surface area contributed by atoms with Gasteiger partial charge in [0.2, 0.25) is 0 Å². The van der Waals surface area contributed by atoms with E-state index in [0.29, 0.717) is 5.92 Å². The molecule has 60 valence electrons. The highest BCUT2D eigenvalue weighted by molar-refractivity contribution is 4.81. The number of aliphatic hydroxyl groups is 2. The molecule has 0 aromatic heterocycles. The summed E-state index contributed by atoms with van der Waals surface area (Å²) in [6.45, 7) is 2.08. The van der Waals surface area contributed by atoms with Crippen molar-refractivity contribution in [3.63, 3.8) is 0 Å². The van der Waals surface area contributed by atoms with Crippen LogP contribution in [0.15, 0.2) is 0 Å². The van der Waals surface area contributed by atoms with Crippen LogP contribution in [-0.4, -0.2) is 16.5 Å². The fourth-order valence-electron chi connectivity index (χ4n) is 1.49. The molecule has 0 saturated heterocycles. The minimum Gasteiger partial charge on any atom is -0.368 e. The van der Waals surface area contributed by atoms with Gasteiger partial charge in [0.1, 0.15) is 0 Å². The Morgan fingerprint density at radius 3 is 2.30 bits per heavy atom. The van der Waals surface area contributed by atoms with E-state index in [1.54, 1.807) is 0 Å². The molecule has 1 atom stereocenters. The molecule has 2 heteroatoms. The van der Waals surface area contributed by atoms with Crippen LogP contribution in [0.1, 0.15) is 32.6 Å². The molecule has 0 aromatic rings. The van der Waals surface area contributed by atoms with Crippen LogP contribution in [0.4, 0.5) is 0 Å². The highest BCUT2D eigenvalue weighted by Gasteiger charge is 2.34. The van der Waals surface area contributed by atoms with Gasteiger partial charge in [-0.05, 0) is 25.2 Å². The van der Waals surface area contributed by atoms with E-state index in [1.165, 1.54) is 12.8 Å². The first-order chi connectivity index (χ1) is 4.75. The lowest BCUT2D eigenvalue weighted by atomic mass is 9.98. The minimum atomic E-state index is -1.08. The molecule has 0 spiro atoms. The second-order valence-electron chi connectivity index (χ2n) is 3.20. The zero-order chi connectivity index (χ0) is 7.56. The van der Waals surface area contributed by atoms with Crippen molar-refractivity contribution in [3.05, 3.63) is 0 Å². The molecule has 0 radical (unpaired) electrons. The van der Waals surface area contributed by atoms with Crippen LogP contribution < -0.4 is 0 Å². The van der Waals surface area contributed by atoms with E-state index in [9.17, 15) is 0 Å². The fourth-order valence-corrected chi connectivity index (χ4v) is 1.49. The van der Waals surface area contributed by atoms with Gasteiger partial charge in [0, 0.05) is 5.92 Å². The van der Waals surface area contributed by atoms with Gasteiger partial charge in [0.25, 0.3) is 0 Å². The number of hydrogen-bond donors (Lipinski definition) is 2. The third-order valence-corrected chi connectivity index (χ3v) is 2.23. The largest absolute Gasteiger partial charge is 0.368 e.